The number of nitrogens with zero attached hydrogens (tertiary/aromatic N) is 3. The second-order valence-corrected chi connectivity index (χ2v) is 7.50. The van der Waals surface area contributed by atoms with E-state index in [4.69, 9.17) is 4.42 Å². The third-order valence-corrected chi connectivity index (χ3v) is 4.96. The lowest BCUT2D eigenvalue weighted by Crippen LogP contribution is -2.37. The molecule has 0 fully saturated rings. The highest BCUT2D eigenvalue weighted by molar-refractivity contribution is 5.79. The minimum absolute atomic E-state index is 0.0560. The number of benzene rings is 1. The summed E-state index contributed by atoms with van der Waals surface area (Å²) in [5.74, 6) is 1.35. The van der Waals surface area contributed by atoms with Gasteiger partial charge < -0.3 is 19.6 Å². The molecule has 3 rings (SSSR count). The van der Waals surface area contributed by atoms with Gasteiger partial charge in [0.2, 0.25) is 5.89 Å². The summed E-state index contributed by atoms with van der Waals surface area (Å²) in [4.78, 5) is 21.1. The first-order valence-corrected chi connectivity index (χ1v) is 10.8. The Bertz CT molecular complexity index is 1050. The molecule has 2 N–H and O–H groups in total. The lowest BCUT2D eigenvalue weighted by Gasteiger charge is -2.12. The van der Waals surface area contributed by atoms with Crippen molar-refractivity contribution in [2.24, 2.45) is 4.99 Å². The first-order chi connectivity index (χ1) is 15.1. The summed E-state index contributed by atoms with van der Waals surface area (Å²) in [6.45, 7) is 8.76. The zero-order chi connectivity index (χ0) is 22.1. The van der Waals surface area contributed by atoms with Crippen molar-refractivity contribution in [3.8, 4) is 11.5 Å². The fourth-order valence-electron chi connectivity index (χ4n) is 3.22. The maximum absolute atomic E-state index is 11.9. The lowest BCUT2D eigenvalue weighted by molar-refractivity contribution is 0.572. The number of aromatic nitrogens is 2. The Balaban J connectivity index is 1.49. The number of aliphatic imine (C=N–C) groups is 1. The van der Waals surface area contributed by atoms with E-state index in [1.54, 1.807) is 18.4 Å². The monoisotopic (exact) mass is 421 g/mol. The van der Waals surface area contributed by atoms with E-state index in [9.17, 15) is 4.79 Å². The summed E-state index contributed by atoms with van der Waals surface area (Å²) in [6.07, 6.45) is 3.51. The largest absolute Gasteiger partial charge is 0.444 e. The number of pyridine rings is 1. The molecule has 0 saturated heterocycles. The zero-order valence-corrected chi connectivity index (χ0v) is 18.5. The van der Waals surface area contributed by atoms with Crippen LogP contribution in [-0.4, -0.2) is 28.6 Å². The molecule has 7 heteroatoms. The van der Waals surface area contributed by atoms with Crippen LogP contribution in [0.15, 0.2) is 62.9 Å². The summed E-state index contributed by atoms with van der Waals surface area (Å²) in [5.41, 5.74) is 3.99. The second kappa shape index (κ2) is 11.2. The third kappa shape index (κ3) is 6.57. The van der Waals surface area contributed by atoms with Crippen LogP contribution in [0.2, 0.25) is 0 Å². The van der Waals surface area contributed by atoms with Crippen molar-refractivity contribution >= 4 is 5.96 Å². The topological polar surface area (TPSA) is 84.4 Å². The van der Waals surface area contributed by atoms with Crippen LogP contribution in [0, 0.1) is 13.8 Å². The van der Waals surface area contributed by atoms with Crippen molar-refractivity contribution in [3.63, 3.8) is 0 Å². The lowest BCUT2D eigenvalue weighted by atomic mass is 10.1. The highest BCUT2D eigenvalue weighted by Crippen LogP contribution is 2.19. The molecule has 0 bridgehead atoms. The number of unbranched alkanes of at least 4 members (excludes halogenated alkanes) is 1. The second-order valence-electron chi connectivity index (χ2n) is 7.50. The third-order valence-electron chi connectivity index (χ3n) is 4.96. The van der Waals surface area contributed by atoms with Crippen molar-refractivity contribution in [2.75, 3.05) is 13.1 Å². The maximum atomic E-state index is 11.9. The maximum Gasteiger partial charge on any atom is 0.250 e. The van der Waals surface area contributed by atoms with Gasteiger partial charge in [0.25, 0.3) is 5.56 Å². The Morgan fingerprint density at radius 1 is 1.10 bits per heavy atom. The summed E-state index contributed by atoms with van der Waals surface area (Å²) >= 11 is 0. The van der Waals surface area contributed by atoms with Gasteiger partial charge in [-0.25, -0.2) is 9.98 Å². The number of rotatable bonds is 9. The van der Waals surface area contributed by atoms with Crippen LogP contribution in [-0.2, 0) is 13.1 Å². The van der Waals surface area contributed by atoms with Gasteiger partial charge in [0.15, 0.2) is 5.96 Å². The summed E-state index contributed by atoms with van der Waals surface area (Å²) in [6, 6.07) is 13.5. The van der Waals surface area contributed by atoms with Gasteiger partial charge >= 0.3 is 0 Å². The van der Waals surface area contributed by atoms with E-state index in [0.29, 0.717) is 12.4 Å². The Hall–Kier alpha value is -3.35. The van der Waals surface area contributed by atoms with Gasteiger partial charge in [0, 0.05) is 37.0 Å². The molecular weight excluding hydrogens is 390 g/mol. The number of nitrogens with one attached hydrogen (secondary N) is 2. The number of guanidine groups is 1. The molecule has 31 heavy (non-hydrogen) atoms. The van der Waals surface area contributed by atoms with Gasteiger partial charge in [-0.05, 0) is 51.8 Å². The van der Waals surface area contributed by atoms with Crippen molar-refractivity contribution in [1.82, 2.24) is 20.2 Å². The van der Waals surface area contributed by atoms with E-state index in [1.807, 2.05) is 48.7 Å². The molecule has 0 aliphatic carbocycles. The molecule has 0 amide bonds. The molecule has 1 aromatic carbocycles. The number of aryl methyl sites for hydroxylation is 2. The average Bonchev–Trinajstić information content (AvgIpc) is 3.23. The summed E-state index contributed by atoms with van der Waals surface area (Å²) in [7, 11) is 0. The van der Waals surface area contributed by atoms with Crippen molar-refractivity contribution < 1.29 is 4.42 Å². The molecule has 3 aromatic rings. The molecule has 0 aliphatic rings. The Morgan fingerprint density at radius 3 is 2.65 bits per heavy atom. The molecule has 0 atom stereocenters. The Kier molecular flexibility index (Phi) is 8.04. The van der Waals surface area contributed by atoms with Gasteiger partial charge in [-0.15, -0.1) is 0 Å². The first-order valence-electron chi connectivity index (χ1n) is 10.8. The number of oxazole rings is 1. The van der Waals surface area contributed by atoms with Crippen LogP contribution in [0.3, 0.4) is 0 Å². The zero-order valence-electron chi connectivity index (χ0n) is 18.5. The van der Waals surface area contributed by atoms with E-state index in [-0.39, 0.29) is 5.56 Å². The van der Waals surface area contributed by atoms with Crippen molar-refractivity contribution in [2.45, 2.75) is 46.7 Å². The number of hydrogen-bond acceptors (Lipinski definition) is 4. The molecule has 0 radical (unpaired) electrons. The minimum Gasteiger partial charge on any atom is -0.444 e. The Labute approximate surface area is 183 Å². The van der Waals surface area contributed by atoms with Gasteiger partial charge in [-0.1, -0.05) is 23.8 Å². The number of hydrogen-bond donors (Lipinski definition) is 2. The van der Waals surface area contributed by atoms with E-state index >= 15 is 0 Å². The van der Waals surface area contributed by atoms with E-state index in [0.717, 1.165) is 55.4 Å². The molecule has 164 valence electrons. The standard InChI is InChI=1S/C24H31N5O2/c1-4-25-24(26-14-5-6-15-29-19(3)8-7-9-22(29)30)27-16-21-17-31-23(28-21)20-12-10-18(2)11-13-20/h7-13,17H,4-6,14-16H2,1-3H3,(H2,25,26,27). The van der Waals surface area contributed by atoms with Crippen LogP contribution < -0.4 is 16.2 Å². The summed E-state index contributed by atoms with van der Waals surface area (Å²) < 4.78 is 7.42. The molecule has 0 saturated carbocycles. The van der Waals surface area contributed by atoms with E-state index < -0.39 is 0 Å². The van der Waals surface area contributed by atoms with Gasteiger partial charge in [-0.3, -0.25) is 4.79 Å². The highest BCUT2D eigenvalue weighted by Gasteiger charge is 2.07. The predicted molar refractivity (Wildman–Crippen MR) is 124 cm³/mol. The highest BCUT2D eigenvalue weighted by atomic mass is 16.3. The van der Waals surface area contributed by atoms with Crippen molar-refractivity contribution in [3.05, 3.63) is 76.0 Å². The molecule has 0 aliphatic heterocycles. The SMILES string of the molecule is CCNC(=NCc1coc(-c2ccc(C)cc2)n1)NCCCCn1c(C)cccc1=O. The van der Waals surface area contributed by atoms with Crippen LogP contribution in [0.1, 0.15) is 36.7 Å². The first kappa shape index (κ1) is 22.3. The van der Waals surface area contributed by atoms with Crippen LogP contribution >= 0.6 is 0 Å². The Morgan fingerprint density at radius 2 is 1.90 bits per heavy atom. The molecule has 0 unspecified atom stereocenters. The van der Waals surface area contributed by atoms with E-state index in [1.165, 1.54) is 5.56 Å². The molecule has 2 heterocycles. The van der Waals surface area contributed by atoms with E-state index in [2.05, 4.69) is 27.5 Å². The molecule has 2 aromatic heterocycles. The van der Waals surface area contributed by atoms with Crippen LogP contribution in [0.4, 0.5) is 0 Å². The minimum atomic E-state index is 0.0560. The summed E-state index contributed by atoms with van der Waals surface area (Å²) in [5, 5.41) is 6.59. The van der Waals surface area contributed by atoms with Gasteiger partial charge in [0.1, 0.15) is 12.0 Å². The molecule has 0 spiro atoms. The van der Waals surface area contributed by atoms with Crippen LogP contribution in [0.5, 0.6) is 0 Å². The predicted octanol–water partition coefficient (Wildman–Crippen LogP) is 3.66. The fourth-order valence-corrected chi connectivity index (χ4v) is 3.22. The van der Waals surface area contributed by atoms with Crippen LogP contribution in [0.25, 0.3) is 11.5 Å². The molecular formula is C24H31N5O2. The normalized spacial score (nSPS) is 11.5. The fraction of sp³-hybridized carbons (Fsp3) is 0.375. The van der Waals surface area contributed by atoms with Gasteiger partial charge in [-0.2, -0.15) is 0 Å². The quantitative estimate of drug-likeness (QED) is 0.313. The average molecular weight is 422 g/mol. The van der Waals surface area contributed by atoms with Crippen molar-refractivity contribution in [1.29, 1.82) is 0 Å². The van der Waals surface area contributed by atoms with Gasteiger partial charge in [0.05, 0.1) is 6.54 Å². The molecule has 7 nitrogen and oxygen atoms in total. The smallest absolute Gasteiger partial charge is 0.250 e.